The van der Waals surface area contributed by atoms with Crippen LogP contribution in [0.25, 0.3) is 0 Å². The Kier molecular flexibility index (Phi) is 3.92. The molecule has 1 aromatic carbocycles. The van der Waals surface area contributed by atoms with Crippen molar-refractivity contribution in [1.29, 1.82) is 0 Å². The maximum atomic E-state index is 11.8. The summed E-state index contributed by atoms with van der Waals surface area (Å²) in [6.07, 6.45) is 1.49. The van der Waals surface area contributed by atoms with Gasteiger partial charge in [0.25, 0.3) is 0 Å². The normalized spacial score (nSPS) is 11.5. The molecule has 1 rings (SSSR count). The second-order valence-corrected chi connectivity index (χ2v) is 5.43. The first-order valence-corrected chi connectivity index (χ1v) is 5.55. The monoisotopic (exact) mass is 224 g/mol. The molecule has 0 amide bonds. The molecule has 0 aromatic heterocycles. The SMILES string of the molecule is CC(C)(C)CCC(=O)c1cccc(Cl)c1. The van der Waals surface area contributed by atoms with Crippen LogP contribution >= 0.6 is 11.6 Å². The molecule has 0 aliphatic carbocycles. The summed E-state index contributed by atoms with van der Waals surface area (Å²) >= 11 is 5.83. The summed E-state index contributed by atoms with van der Waals surface area (Å²) in [5, 5.41) is 0.622. The number of hydrogen-bond acceptors (Lipinski definition) is 1. The Morgan fingerprint density at radius 3 is 2.53 bits per heavy atom. The molecule has 0 fully saturated rings. The summed E-state index contributed by atoms with van der Waals surface area (Å²) in [6, 6.07) is 7.14. The largest absolute Gasteiger partial charge is 0.294 e. The first-order chi connectivity index (χ1) is 6.88. The lowest BCUT2D eigenvalue weighted by Gasteiger charge is -2.16. The number of ketones is 1. The molecule has 0 aliphatic rings. The van der Waals surface area contributed by atoms with E-state index in [1.54, 1.807) is 12.1 Å². The summed E-state index contributed by atoms with van der Waals surface area (Å²) in [6.45, 7) is 6.41. The van der Waals surface area contributed by atoms with Crippen LogP contribution < -0.4 is 0 Å². The van der Waals surface area contributed by atoms with Gasteiger partial charge in [-0.3, -0.25) is 4.79 Å². The van der Waals surface area contributed by atoms with Gasteiger partial charge in [0.2, 0.25) is 0 Å². The Morgan fingerprint density at radius 2 is 2.00 bits per heavy atom. The van der Waals surface area contributed by atoms with Gasteiger partial charge in [0, 0.05) is 17.0 Å². The molecule has 0 spiro atoms. The molecule has 82 valence electrons. The van der Waals surface area contributed by atoms with Crippen molar-refractivity contribution >= 4 is 17.4 Å². The van der Waals surface area contributed by atoms with Gasteiger partial charge in [-0.2, -0.15) is 0 Å². The Morgan fingerprint density at radius 1 is 1.33 bits per heavy atom. The van der Waals surface area contributed by atoms with Crippen molar-refractivity contribution in [2.75, 3.05) is 0 Å². The minimum atomic E-state index is 0.174. The van der Waals surface area contributed by atoms with Crippen LogP contribution in [0.4, 0.5) is 0 Å². The lowest BCUT2D eigenvalue weighted by Crippen LogP contribution is -2.09. The lowest BCUT2D eigenvalue weighted by molar-refractivity contribution is 0.0966. The van der Waals surface area contributed by atoms with Crippen LogP contribution in [0.1, 0.15) is 44.0 Å². The van der Waals surface area contributed by atoms with Crippen molar-refractivity contribution in [3.8, 4) is 0 Å². The third kappa shape index (κ3) is 4.48. The Bertz CT molecular complexity index is 350. The van der Waals surface area contributed by atoms with Crippen LogP contribution in [0.5, 0.6) is 0 Å². The minimum absolute atomic E-state index is 0.174. The molecule has 0 atom stereocenters. The first-order valence-electron chi connectivity index (χ1n) is 5.17. The number of carbonyl (C=O) groups excluding carboxylic acids is 1. The molecule has 0 heterocycles. The van der Waals surface area contributed by atoms with E-state index < -0.39 is 0 Å². The standard InChI is InChI=1S/C13H17ClO/c1-13(2,3)8-7-12(15)10-5-4-6-11(14)9-10/h4-6,9H,7-8H2,1-3H3. The fourth-order valence-corrected chi connectivity index (χ4v) is 1.49. The minimum Gasteiger partial charge on any atom is -0.294 e. The van der Waals surface area contributed by atoms with Crippen LogP contribution in [0, 0.1) is 5.41 Å². The van der Waals surface area contributed by atoms with E-state index >= 15 is 0 Å². The average Bonchev–Trinajstić information content (AvgIpc) is 2.13. The predicted molar refractivity (Wildman–Crippen MR) is 64.5 cm³/mol. The predicted octanol–water partition coefficient (Wildman–Crippen LogP) is 4.35. The second kappa shape index (κ2) is 4.80. The first kappa shape index (κ1) is 12.3. The zero-order chi connectivity index (χ0) is 11.5. The molecule has 0 saturated heterocycles. The van der Waals surface area contributed by atoms with Gasteiger partial charge in [-0.25, -0.2) is 0 Å². The maximum Gasteiger partial charge on any atom is 0.162 e. The van der Waals surface area contributed by atoms with Gasteiger partial charge in [-0.05, 0) is 24.0 Å². The van der Waals surface area contributed by atoms with E-state index in [2.05, 4.69) is 20.8 Å². The van der Waals surface area contributed by atoms with Crippen LogP contribution in [-0.4, -0.2) is 5.78 Å². The van der Waals surface area contributed by atoms with E-state index in [0.29, 0.717) is 17.0 Å². The molecule has 2 heteroatoms. The third-order valence-electron chi connectivity index (χ3n) is 2.25. The van der Waals surface area contributed by atoms with Gasteiger partial charge >= 0.3 is 0 Å². The van der Waals surface area contributed by atoms with Crippen LogP contribution in [0.2, 0.25) is 5.02 Å². The summed E-state index contributed by atoms with van der Waals surface area (Å²) < 4.78 is 0. The van der Waals surface area contributed by atoms with Crippen molar-refractivity contribution in [2.24, 2.45) is 5.41 Å². The van der Waals surface area contributed by atoms with Crippen molar-refractivity contribution in [3.05, 3.63) is 34.9 Å². The van der Waals surface area contributed by atoms with Gasteiger partial charge in [-0.15, -0.1) is 0 Å². The summed E-state index contributed by atoms with van der Waals surface area (Å²) in [4.78, 5) is 11.8. The molecule has 0 radical (unpaired) electrons. The highest BCUT2D eigenvalue weighted by atomic mass is 35.5. The number of rotatable bonds is 3. The second-order valence-electron chi connectivity index (χ2n) is 4.99. The third-order valence-corrected chi connectivity index (χ3v) is 2.48. The summed E-state index contributed by atoms with van der Waals surface area (Å²) in [5.41, 5.74) is 0.917. The highest BCUT2D eigenvalue weighted by Gasteiger charge is 2.14. The van der Waals surface area contributed by atoms with Crippen molar-refractivity contribution in [1.82, 2.24) is 0 Å². The number of Topliss-reactive ketones (excluding diaryl/α,β-unsaturated/α-hetero) is 1. The molecule has 0 bridgehead atoms. The molecule has 15 heavy (non-hydrogen) atoms. The average molecular weight is 225 g/mol. The Balaban J connectivity index is 2.62. The van der Waals surface area contributed by atoms with Gasteiger partial charge < -0.3 is 0 Å². The summed E-state index contributed by atoms with van der Waals surface area (Å²) in [5.74, 6) is 0.174. The molecule has 0 aliphatic heterocycles. The van der Waals surface area contributed by atoms with Gasteiger partial charge in [0.15, 0.2) is 5.78 Å². The number of carbonyl (C=O) groups is 1. The molecular weight excluding hydrogens is 208 g/mol. The molecule has 0 saturated carbocycles. The van der Waals surface area contributed by atoms with Crippen molar-refractivity contribution < 1.29 is 4.79 Å². The van der Waals surface area contributed by atoms with Gasteiger partial charge in [0.05, 0.1) is 0 Å². The molecule has 0 N–H and O–H groups in total. The van der Waals surface area contributed by atoms with Crippen LogP contribution in [0.3, 0.4) is 0 Å². The van der Waals surface area contributed by atoms with E-state index in [9.17, 15) is 4.79 Å². The Labute approximate surface area is 96.5 Å². The fraction of sp³-hybridized carbons (Fsp3) is 0.462. The highest BCUT2D eigenvalue weighted by Crippen LogP contribution is 2.22. The van der Waals surface area contributed by atoms with Crippen LogP contribution in [0.15, 0.2) is 24.3 Å². The fourth-order valence-electron chi connectivity index (χ4n) is 1.29. The number of benzene rings is 1. The molecular formula is C13H17ClO. The zero-order valence-corrected chi connectivity index (χ0v) is 10.3. The number of halogens is 1. The molecule has 1 aromatic rings. The Hall–Kier alpha value is -0.820. The lowest BCUT2D eigenvalue weighted by atomic mass is 9.88. The maximum absolute atomic E-state index is 11.8. The summed E-state index contributed by atoms with van der Waals surface area (Å²) in [7, 11) is 0. The van der Waals surface area contributed by atoms with E-state index in [1.165, 1.54) is 0 Å². The van der Waals surface area contributed by atoms with Gasteiger partial charge in [-0.1, -0.05) is 44.5 Å². The zero-order valence-electron chi connectivity index (χ0n) is 9.51. The quantitative estimate of drug-likeness (QED) is 0.698. The highest BCUT2D eigenvalue weighted by molar-refractivity contribution is 6.31. The number of hydrogen-bond donors (Lipinski definition) is 0. The van der Waals surface area contributed by atoms with Crippen LogP contribution in [-0.2, 0) is 0 Å². The smallest absolute Gasteiger partial charge is 0.162 e. The molecule has 1 nitrogen and oxygen atoms in total. The topological polar surface area (TPSA) is 17.1 Å². The van der Waals surface area contributed by atoms with Crippen molar-refractivity contribution in [3.63, 3.8) is 0 Å². The van der Waals surface area contributed by atoms with E-state index in [-0.39, 0.29) is 11.2 Å². The van der Waals surface area contributed by atoms with E-state index in [0.717, 1.165) is 6.42 Å². The van der Waals surface area contributed by atoms with E-state index in [4.69, 9.17) is 11.6 Å². The van der Waals surface area contributed by atoms with Gasteiger partial charge in [0.1, 0.15) is 0 Å². The van der Waals surface area contributed by atoms with E-state index in [1.807, 2.05) is 12.1 Å². The molecule has 0 unspecified atom stereocenters. The van der Waals surface area contributed by atoms with Crippen molar-refractivity contribution in [2.45, 2.75) is 33.6 Å².